The Kier molecular flexibility index (Phi) is 4.54. The van der Waals surface area contributed by atoms with Crippen LogP contribution in [0.5, 0.6) is 0 Å². The van der Waals surface area contributed by atoms with Crippen LogP contribution < -0.4 is 0 Å². The fraction of sp³-hybridized carbons (Fsp3) is 0.259. The molecule has 0 saturated carbocycles. The summed E-state index contributed by atoms with van der Waals surface area (Å²) in [7, 11) is 1.47. The second-order valence-corrected chi connectivity index (χ2v) is 8.19. The summed E-state index contributed by atoms with van der Waals surface area (Å²) in [5.41, 5.74) is 5.62. The maximum absolute atomic E-state index is 12.1. The Balaban J connectivity index is 1.85. The second kappa shape index (κ2) is 7.24. The van der Waals surface area contributed by atoms with Crippen molar-refractivity contribution in [1.29, 1.82) is 0 Å². The van der Waals surface area contributed by atoms with Gasteiger partial charge in [-0.2, -0.15) is 0 Å². The van der Waals surface area contributed by atoms with E-state index in [0.29, 0.717) is 6.42 Å². The number of esters is 1. The molecule has 1 heterocycles. The summed E-state index contributed by atoms with van der Waals surface area (Å²) in [5, 5.41) is 3.60. The molecule has 0 fully saturated rings. The molecule has 0 spiro atoms. The highest BCUT2D eigenvalue weighted by molar-refractivity contribution is 6.03. The standard InChI is InChI=1S/C27H25NO2/c1-3-15-27(16-14-24(29)30-2)21-13-12-18-8-4-6-10-20(18)25(21)26-22(27)17-19-9-5-7-11-23(19)28-26/h4-13,17H,3,14-16H2,1-2H3. The Bertz CT molecular complexity index is 1280. The first kappa shape index (κ1) is 18.8. The number of hydrogen-bond donors (Lipinski definition) is 0. The summed E-state index contributed by atoms with van der Waals surface area (Å²) >= 11 is 0. The molecule has 5 rings (SSSR count). The first-order valence-electron chi connectivity index (χ1n) is 10.7. The van der Waals surface area contributed by atoms with Crippen molar-refractivity contribution in [1.82, 2.24) is 4.98 Å². The highest BCUT2D eigenvalue weighted by atomic mass is 16.5. The molecule has 3 aromatic carbocycles. The van der Waals surface area contributed by atoms with Gasteiger partial charge in [0.05, 0.1) is 18.3 Å². The van der Waals surface area contributed by atoms with Crippen LogP contribution in [0.2, 0.25) is 0 Å². The molecule has 30 heavy (non-hydrogen) atoms. The molecule has 0 aliphatic heterocycles. The lowest BCUT2D eigenvalue weighted by Gasteiger charge is -2.32. The van der Waals surface area contributed by atoms with Gasteiger partial charge in [-0.3, -0.25) is 4.79 Å². The van der Waals surface area contributed by atoms with Crippen LogP contribution in [-0.4, -0.2) is 18.1 Å². The molecule has 150 valence electrons. The van der Waals surface area contributed by atoms with Crippen molar-refractivity contribution < 1.29 is 9.53 Å². The third-order valence-electron chi connectivity index (χ3n) is 6.58. The van der Waals surface area contributed by atoms with Gasteiger partial charge in [-0.1, -0.05) is 67.9 Å². The molecule has 1 aliphatic carbocycles. The number of rotatable bonds is 5. The number of carbonyl (C=O) groups is 1. The Morgan fingerprint density at radius 1 is 0.933 bits per heavy atom. The van der Waals surface area contributed by atoms with Gasteiger partial charge in [-0.25, -0.2) is 4.98 Å². The van der Waals surface area contributed by atoms with Gasteiger partial charge in [-0.05, 0) is 46.9 Å². The van der Waals surface area contributed by atoms with Crippen molar-refractivity contribution >= 4 is 27.6 Å². The third kappa shape index (κ3) is 2.72. The molecular weight excluding hydrogens is 370 g/mol. The van der Waals surface area contributed by atoms with Gasteiger partial charge in [0.25, 0.3) is 0 Å². The molecule has 3 nitrogen and oxygen atoms in total. The van der Waals surface area contributed by atoms with Crippen molar-refractivity contribution in [2.75, 3.05) is 7.11 Å². The van der Waals surface area contributed by atoms with Crippen LogP contribution in [0.4, 0.5) is 0 Å². The molecule has 1 unspecified atom stereocenters. The predicted molar refractivity (Wildman–Crippen MR) is 122 cm³/mol. The molecule has 1 aliphatic rings. The zero-order valence-corrected chi connectivity index (χ0v) is 17.4. The topological polar surface area (TPSA) is 39.2 Å². The van der Waals surface area contributed by atoms with E-state index < -0.39 is 0 Å². The summed E-state index contributed by atoms with van der Waals surface area (Å²) in [6, 6.07) is 23.6. The minimum Gasteiger partial charge on any atom is -0.469 e. The Morgan fingerprint density at radius 2 is 1.70 bits per heavy atom. The summed E-state index contributed by atoms with van der Waals surface area (Å²) in [5.74, 6) is -0.157. The third-order valence-corrected chi connectivity index (χ3v) is 6.58. The van der Waals surface area contributed by atoms with E-state index in [1.54, 1.807) is 0 Å². The molecule has 0 N–H and O–H groups in total. The van der Waals surface area contributed by atoms with Gasteiger partial charge < -0.3 is 4.74 Å². The number of fused-ring (bicyclic) bond motifs is 6. The van der Waals surface area contributed by atoms with Crippen molar-refractivity contribution in [3.8, 4) is 11.3 Å². The maximum Gasteiger partial charge on any atom is 0.305 e. The number of para-hydroxylation sites is 1. The molecular formula is C27H25NO2. The number of pyridine rings is 1. The van der Waals surface area contributed by atoms with Gasteiger partial charge >= 0.3 is 5.97 Å². The molecule has 3 heteroatoms. The van der Waals surface area contributed by atoms with Crippen LogP contribution in [0, 0.1) is 0 Å². The van der Waals surface area contributed by atoms with Crippen LogP contribution in [-0.2, 0) is 14.9 Å². The summed E-state index contributed by atoms with van der Waals surface area (Å²) < 4.78 is 5.00. The van der Waals surface area contributed by atoms with Crippen LogP contribution in [0.1, 0.15) is 43.7 Å². The van der Waals surface area contributed by atoms with E-state index in [9.17, 15) is 4.79 Å². The van der Waals surface area contributed by atoms with E-state index in [-0.39, 0.29) is 11.4 Å². The largest absolute Gasteiger partial charge is 0.469 e. The molecule has 0 amide bonds. The van der Waals surface area contributed by atoms with Gasteiger partial charge in [0.1, 0.15) is 0 Å². The van der Waals surface area contributed by atoms with Crippen molar-refractivity contribution in [3.63, 3.8) is 0 Å². The van der Waals surface area contributed by atoms with Crippen LogP contribution in [0.15, 0.2) is 66.7 Å². The monoisotopic (exact) mass is 395 g/mol. The molecule has 0 radical (unpaired) electrons. The molecule has 0 bridgehead atoms. The fourth-order valence-corrected chi connectivity index (χ4v) is 5.25. The minimum atomic E-state index is -0.228. The van der Waals surface area contributed by atoms with E-state index in [1.807, 2.05) is 6.07 Å². The molecule has 4 aromatic rings. The number of methoxy groups -OCH3 is 1. The van der Waals surface area contributed by atoms with E-state index in [4.69, 9.17) is 9.72 Å². The zero-order chi connectivity index (χ0) is 20.7. The molecule has 1 aromatic heterocycles. The lowest BCUT2D eigenvalue weighted by atomic mass is 9.71. The highest BCUT2D eigenvalue weighted by Gasteiger charge is 2.44. The minimum absolute atomic E-state index is 0.157. The maximum atomic E-state index is 12.1. The van der Waals surface area contributed by atoms with Crippen molar-refractivity contribution in [2.24, 2.45) is 0 Å². The average Bonchev–Trinajstić information content (AvgIpc) is 3.05. The molecule has 1 atom stereocenters. The average molecular weight is 396 g/mol. The Morgan fingerprint density at radius 3 is 2.50 bits per heavy atom. The number of hydrogen-bond acceptors (Lipinski definition) is 3. The summed E-state index contributed by atoms with van der Waals surface area (Å²) in [4.78, 5) is 17.3. The van der Waals surface area contributed by atoms with E-state index in [1.165, 1.54) is 34.6 Å². The Labute approximate surface area is 176 Å². The van der Waals surface area contributed by atoms with Gasteiger partial charge in [0.15, 0.2) is 0 Å². The van der Waals surface area contributed by atoms with E-state index >= 15 is 0 Å². The summed E-state index contributed by atoms with van der Waals surface area (Å²) in [6.45, 7) is 2.22. The van der Waals surface area contributed by atoms with Crippen molar-refractivity contribution in [2.45, 2.75) is 38.0 Å². The fourth-order valence-electron chi connectivity index (χ4n) is 5.25. The van der Waals surface area contributed by atoms with Crippen LogP contribution in [0.3, 0.4) is 0 Å². The predicted octanol–water partition coefficient (Wildman–Crippen LogP) is 6.41. The van der Waals surface area contributed by atoms with Crippen molar-refractivity contribution in [3.05, 3.63) is 77.9 Å². The first-order chi connectivity index (χ1) is 14.7. The van der Waals surface area contributed by atoms with E-state index in [0.717, 1.165) is 35.9 Å². The first-order valence-corrected chi connectivity index (χ1v) is 10.7. The van der Waals surface area contributed by atoms with Crippen LogP contribution >= 0.6 is 0 Å². The SMILES string of the molecule is CCCC1(CCC(=O)OC)c2cc3ccccc3nc2-c2c1ccc1ccccc21. The highest BCUT2D eigenvalue weighted by Crippen LogP contribution is 2.55. The number of benzene rings is 3. The lowest BCUT2D eigenvalue weighted by Crippen LogP contribution is -2.26. The zero-order valence-electron chi connectivity index (χ0n) is 17.4. The van der Waals surface area contributed by atoms with Crippen LogP contribution in [0.25, 0.3) is 32.9 Å². The number of ether oxygens (including phenoxy) is 1. The quantitative estimate of drug-likeness (QED) is 0.367. The number of aromatic nitrogens is 1. The smallest absolute Gasteiger partial charge is 0.305 e. The van der Waals surface area contributed by atoms with Gasteiger partial charge in [0, 0.05) is 22.8 Å². The molecule has 0 saturated heterocycles. The lowest BCUT2D eigenvalue weighted by molar-refractivity contribution is -0.141. The Hall–Kier alpha value is -3.20. The normalized spacial score (nSPS) is 17.1. The summed E-state index contributed by atoms with van der Waals surface area (Å²) in [6.07, 6.45) is 3.13. The van der Waals surface area contributed by atoms with Gasteiger partial charge in [-0.15, -0.1) is 0 Å². The number of carbonyl (C=O) groups excluding carboxylic acids is 1. The van der Waals surface area contributed by atoms with E-state index in [2.05, 4.69) is 67.6 Å². The van der Waals surface area contributed by atoms with Gasteiger partial charge in [0.2, 0.25) is 0 Å². The number of nitrogens with zero attached hydrogens (tertiary/aromatic N) is 1. The second-order valence-electron chi connectivity index (χ2n) is 8.19.